The van der Waals surface area contributed by atoms with E-state index in [-0.39, 0.29) is 11.4 Å². The average Bonchev–Trinajstić information content (AvgIpc) is 2.81. The summed E-state index contributed by atoms with van der Waals surface area (Å²) < 4.78 is 18.5. The van der Waals surface area contributed by atoms with E-state index in [9.17, 15) is 14.5 Å². The van der Waals surface area contributed by atoms with E-state index in [2.05, 4.69) is 5.32 Å². The predicted molar refractivity (Wildman–Crippen MR) is 64.1 cm³/mol. The zero-order valence-electron chi connectivity index (χ0n) is 9.89. The standard InChI is InChI=1S/C12H15FN2O3/c13-10-5-11(15(16)17)7-12(6-10)18-4-2-9-1-3-14-8-9/h5-7,9,14H,1-4,8H2. The molecule has 2 rings (SSSR count). The number of nitro benzene ring substituents is 1. The van der Waals surface area contributed by atoms with Crippen LogP contribution >= 0.6 is 0 Å². The number of hydrogen-bond acceptors (Lipinski definition) is 4. The van der Waals surface area contributed by atoms with Gasteiger partial charge in [-0.1, -0.05) is 0 Å². The van der Waals surface area contributed by atoms with E-state index in [4.69, 9.17) is 4.74 Å². The second-order valence-corrected chi connectivity index (χ2v) is 4.40. The molecule has 1 aromatic rings. The summed E-state index contributed by atoms with van der Waals surface area (Å²) in [6.07, 6.45) is 1.99. The van der Waals surface area contributed by atoms with Gasteiger partial charge in [0.05, 0.1) is 23.7 Å². The van der Waals surface area contributed by atoms with Crippen LogP contribution in [-0.2, 0) is 0 Å². The third-order valence-electron chi connectivity index (χ3n) is 3.02. The maximum Gasteiger partial charge on any atom is 0.276 e. The highest BCUT2D eigenvalue weighted by atomic mass is 19.1. The van der Waals surface area contributed by atoms with Gasteiger partial charge >= 0.3 is 0 Å². The second kappa shape index (κ2) is 5.77. The lowest BCUT2D eigenvalue weighted by molar-refractivity contribution is -0.385. The Kier molecular flexibility index (Phi) is 4.09. The van der Waals surface area contributed by atoms with E-state index in [0.717, 1.165) is 32.0 Å². The summed E-state index contributed by atoms with van der Waals surface area (Å²) in [5.41, 5.74) is -0.285. The van der Waals surface area contributed by atoms with Gasteiger partial charge in [0.25, 0.3) is 5.69 Å². The second-order valence-electron chi connectivity index (χ2n) is 4.40. The van der Waals surface area contributed by atoms with Crippen LogP contribution in [0.2, 0.25) is 0 Å². The largest absolute Gasteiger partial charge is 0.493 e. The average molecular weight is 254 g/mol. The smallest absolute Gasteiger partial charge is 0.276 e. The molecule has 0 radical (unpaired) electrons. The van der Waals surface area contributed by atoms with Crippen LogP contribution in [0.3, 0.4) is 0 Å². The van der Waals surface area contributed by atoms with Gasteiger partial charge in [-0.25, -0.2) is 4.39 Å². The minimum absolute atomic E-state index is 0.215. The summed E-state index contributed by atoms with van der Waals surface area (Å²) in [4.78, 5) is 9.94. The molecule has 1 aromatic carbocycles. The Morgan fingerprint density at radius 2 is 2.33 bits per heavy atom. The lowest BCUT2D eigenvalue weighted by Gasteiger charge is -2.09. The quantitative estimate of drug-likeness (QED) is 0.645. The minimum Gasteiger partial charge on any atom is -0.493 e. The minimum atomic E-state index is -0.651. The van der Waals surface area contributed by atoms with Crippen molar-refractivity contribution in [3.63, 3.8) is 0 Å². The molecule has 0 aliphatic carbocycles. The lowest BCUT2D eigenvalue weighted by Crippen LogP contribution is -2.11. The van der Waals surface area contributed by atoms with Crippen LogP contribution in [0.1, 0.15) is 12.8 Å². The normalized spacial score (nSPS) is 18.8. The number of nitrogens with zero attached hydrogens (tertiary/aromatic N) is 1. The molecule has 6 heteroatoms. The van der Waals surface area contributed by atoms with E-state index in [0.29, 0.717) is 12.5 Å². The first-order valence-corrected chi connectivity index (χ1v) is 5.93. The third-order valence-corrected chi connectivity index (χ3v) is 3.02. The molecule has 5 nitrogen and oxygen atoms in total. The summed E-state index contributed by atoms with van der Waals surface area (Å²) in [6.45, 7) is 2.45. The zero-order chi connectivity index (χ0) is 13.0. The molecular weight excluding hydrogens is 239 g/mol. The van der Waals surface area contributed by atoms with Crippen molar-refractivity contribution in [3.8, 4) is 5.75 Å². The molecular formula is C12H15FN2O3. The van der Waals surface area contributed by atoms with Crippen molar-refractivity contribution < 1.29 is 14.1 Å². The third kappa shape index (κ3) is 3.40. The molecule has 18 heavy (non-hydrogen) atoms. The van der Waals surface area contributed by atoms with Crippen molar-refractivity contribution in [1.82, 2.24) is 5.32 Å². The Balaban J connectivity index is 1.89. The number of nitrogens with one attached hydrogen (secondary N) is 1. The molecule has 0 aromatic heterocycles. The van der Waals surface area contributed by atoms with Crippen LogP contribution < -0.4 is 10.1 Å². The van der Waals surface area contributed by atoms with Crippen LogP contribution in [0.4, 0.5) is 10.1 Å². The molecule has 98 valence electrons. The molecule has 1 heterocycles. The van der Waals surface area contributed by atoms with Crippen LogP contribution in [0, 0.1) is 21.8 Å². The fourth-order valence-corrected chi connectivity index (χ4v) is 2.04. The molecule has 0 spiro atoms. The van der Waals surface area contributed by atoms with E-state index in [1.54, 1.807) is 0 Å². The fourth-order valence-electron chi connectivity index (χ4n) is 2.04. The Morgan fingerprint density at radius 1 is 1.50 bits per heavy atom. The van der Waals surface area contributed by atoms with Gasteiger partial charge in [0.1, 0.15) is 11.6 Å². The van der Waals surface area contributed by atoms with Gasteiger partial charge in [0, 0.05) is 6.07 Å². The maximum absolute atomic E-state index is 13.1. The molecule has 1 unspecified atom stereocenters. The number of halogens is 1. The van der Waals surface area contributed by atoms with E-state index in [1.165, 1.54) is 12.1 Å². The number of hydrogen-bond donors (Lipinski definition) is 1. The Morgan fingerprint density at radius 3 is 3.00 bits per heavy atom. The number of ether oxygens (including phenoxy) is 1. The first-order valence-electron chi connectivity index (χ1n) is 5.93. The van der Waals surface area contributed by atoms with E-state index < -0.39 is 10.7 Å². The molecule has 1 aliphatic rings. The number of nitro groups is 1. The molecule has 0 amide bonds. The molecule has 1 saturated heterocycles. The van der Waals surface area contributed by atoms with Gasteiger partial charge in [-0.15, -0.1) is 0 Å². The lowest BCUT2D eigenvalue weighted by atomic mass is 10.1. The molecule has 0 bridgehead atoms. The van der Waals surface area contributed by atoms with Crippen LogP contribution in [0.15, 0.2) is 18.2 Å². The number of non-ortho nitro benzene ring substituents is 1. The maximum atomic E-state index is 13.1. The van der Waals surface area contributed by atoms with Crippen molar-refractivity contribution >= 4 is 5.69 Å². The van der Waals surface area contributed by atoms with Crippen molar-refractivity contribution in [2.24, 2.45) is 5.92 Å². The van der Waals surface area contributed by atoms with E-state index >= 15 is 0 Å². The Hall–Kier alpha value is -1.69. The first kappa shape index (κ1) is 12.8. The topological polar surface area (TPSA) is 64.4 Å². The van der Waals surface area contributed by atoms with Crippen molar-refractivity contribution in [2.75, 3.05) is 19.7 Å². The van der Waals surface area contributed by atoms with Gasteiger partial charge < -0.3 is 10.1 Å². The van der Waals surface area contributed by atoms with Gasteiger partial charge in [-0.05, 0) is 31.8 Å². The summed E-state index contributed by atoms with van der Waals surface area (Å²) >= 11 is 0. The van der Waals surface area contributed by atoms with Crippen LogP contribution in [0.25, 0.3) is 0 Å². The number of rotatable bonds is 5. The monoisotopic (exact) mass is 254 g/mol. The molecule has 1 aliphatic heterocycles. The Labute approximate surface area is 104 Å². The van der Waals surface area contributed by atoms with Crippen LogP contribution in [0.5, 0.6) is 5.75 Å². The van der Waals surface area contributed by atoms with Gasteiger partial charge in [-0.2, -0.15) is 0 Å². The van der Waals surface area contributed by atoms with Crippen molar-refractivity contribution in [2.45, 2.75) is 12.8 Å². The van der Waals surface area contributed by atoms with Gasteiger partial charge in [0.15, 0.2) is 0 Å². The fraction of sp³-hybridized carbons (Fsp3) is 0.500. The summed E-state index contributed by atoms with van der Waals surface area (Å²) in [5, 5.41) is 13.8. The van der Waals surface area contributed by atoms with Gasteiger partial charge in [-0.3, -0.25) is 10.1 Å². The predicted octanol–water partition coefficient (Wildman–Crippen LogP) is 2.11. The zero-order valence-corrected chi connectivity index (χ0v) is 9.89. The van der Waals surface area contributed by atoms with Crippen molar-refractivity contribution in [1.29, 1.82) is 0 Å². The van der Waals surface area contributed by atoms with Crippen molar-refractivity contribution in [3.05, 3.63) is 34.1 Å². The highest BCUT2D eigenvalue weighted by Crippen LogP contribution is 2.22. The SMILES string of the molecule is O=[N+]([O-])c1cc(F)cc(OCCC2CCNC2)c1. The molecule has 0 saturated carbocycles. The van der Waals surface area contributed by atoms with Gasteiger partial charge in [0.2, 0.25) is 0 Å². The Bertz CT molecular complexity index is 433. The molecule has 1 N–H and O–H groups in total. The molecule has 1 fully saturated rings. The highest BCUT2D eigenvalue weighted by Gasteiger charge is 2.15. The molecule has 1 atom stereocenters. The summed E-state index contributed by atoms with van der Waals surface area (Å²) in [5.74, 6) is 0.142. The first-order chi connectivity index (χ1) is 8.65. The van der Waals surface area contributed by atoms with Crippen LogP contribution in [-0.4, -0.2) is 24.6 Å². The summed E-state index contributed by atoms with van der Waals surface area (Å²) in [6, 6.07) is 3.30. The highest BCUT2D eigenvalue weighted by molar-refractivity contribution is 5.38. The number of benzene rings is 1. The van der Waals surface area contributed by atoms with E-state index in [1.807, 2.05) is 0 Å². The summed E-state index contributed by atoms with van der Waals surface area (Å²) in [7, 11) is 0.